The summed E-state index contributed by atoms with van der Waals surface area (Å²) in [5, 5.41) is 4.28. The third-order valence-electron chi connectivity index (χ3n) is 5.87. The van der Waals surface area contributed by atoms with E-state index in [2.05, 4.69) is 81.3 Å². The van der Waals surface area contributed by atoms with Crippen molar-refractivity contribution in [1.29, 1.82) is 0 Å². The average Bonchev–Trinajstić information content (AvgIpc) is 2.62. The Morgan fingerprint density at radius 1 is 0.964 bits per heavy atom. The number of nitrogens with zero attached hydrogens (tertiary/aromatic N) is 2. The van der Waals surface area contributed by atoms with Crippen molar-refractivity contribution in [3.63, 3.8) is 0 Å². The number of halogens is 1. The average molecular weight is 458 g/mol. The molecule has 2 aromatic carbocycles. The summed E-state index contributed by atoms with van der Waals surface area (Å²) in [7, 11) is 0. The smallest absolute Gasteiger partial charge is 0.173 e. The van der Waals surface area contributed by atoms with Crippen LogP contribution in [0.25, 0.3) is 0 Å². The molecule has 0 unspecified atom stereocenters. The Balaban J connectivity index is 1.47. The lowest BCUT2D eigenvalue weighted by Gasteiger charge is -2.57. The Morgan fingerprint density at radius 3 is 2.21 bits per heavy atom. The highest BCUT2D eigenvalue weighted by atomic mass is 79.9. The maximum Gasteiger partial charge on any atom is 0.173 e. The van der Waals surface area contributed by atoms with Crippen LogP contribution in [-0.4, -0.2) is 41.1 Å². The lowest BCUT2D eigenvalue weighted by molar-refractivity contribution is -0.0553. The minimum absolute atomic E-state index is 0.245. The minimum Gasteiger partial charge on any atom is -0.348 e. The molecular formula is C23H28BrN3S. The van der Waals surface area contributed by atoms with E-state index in [1.165, 1.54) is 16.5 Å². The molecule has 2 aliphatic heterocycles. The Hall–Kier alpha value is -1.43. The maximum atomic E-state index is 5.78. The highest BCUT2D eigenvalue weighted by Crippen LogP contribution is 2.46. The molecule has 2 fully saturated rings. The predicted octanol–water partition coefficient (Wildman–Crippen LogP) is 5.38. The number of fused-ring (bicyclic) bond motifs is 2. The molecule has 2 aliphatic rings. The number of hydrogen-bond donors (Lipinski definition) is 1. The zero-order chi connectivity index (χ0) is 19.8. The second kappa shape index (κ2) is 7.77. The lowest BCUT2D eigenvalue weighted by atomic mass is 9.65. The van der Waals surface area contributed by atoms with Crippen LogP contribution >= 0.6 is 28.1 Å². The van der Waals surface area contributed by atoms with Gasteiger partial charge in [-0.05, 0) is 53.2 Å². The van der Waals surface area contributed by atoms with Gasteiger partial charge in [-0.2, -0.15) is 0 Å². The van der Waals surface area contributed by atoms with Gasteiger partial charge >= 0.3 is 0 Å². The number of rotatable bonds is 3. The standard InChI is InChI=1S/C23H28BrN3S/c1-22-13-23(2,15-26(14-22)12-18-8-6-7-11-20(18)24)17-27(16-22)21(28)25-19-9-4-3-5-10-19/h3-11H,12-17H2,1-2H3,(H,25,28)/t22-,23-/m1/s1. The van der Waals surface area contributed by atoms with Crippen LogP contribution in [0.1, 0.15) is 25.8 Å². The van der Waals surface area contributed by atoms with E-state index in [0.29, 0.717) is 0 Å². The highest BCUT2D eigenvalue weighted by Gasteiger charge is 2.48. The van der Waals surface area contributed by atoms with E-state index in [0.717, 1.165) is 43.5 Å². The van der Waals surface area contributed by atoms with Gasteiger partial charge in [0.25, 0.3) is 0 Å². The summed E-state index contributed by atoms with van der Waals surface area (Å²) in [6.45, 7) is 10.1. The number of piperidine rings is 2. The summed E-state index contributed by atoms with van der Waals surface area (Å²) >= 11 is 9.49. The van der Waals surface area contributed by atoms with Gasteiger partial charge in [0, 0.05) is 42.9 Å². The molecule has 2 bridgehead atoms. The number of thiocarbonyl (C=S) groups is 1. The third kappa shape index (κ3) is 4.42. The van der Waals surface area contributed by atoms with Gasteiger partial charge in [-0.25, -0.2) is 0 Å². The van der Waals surface area contributed by atoms with Crippen molar-refractivity contribution < 1.29 is 0 Å². The van der Waals surface area contributed by atoms with Crippen molar-refractivity contribution in [2.24, 2.45) is 10.8 Å². The van der Waals surface area contributed by atoms with E-state index < -0.39 is 0 Å². The first-order valence-corrected chi connectivity index (χ1v) is 11.1. The predicted molar refractivity (Wildman–Crippen MR) is 124 cm³/mol. The molecule has 2 atom stereocenters. The molecule has 1 N–H and O–H groups in total. The molecule has 0 radical (unpaired) electrons. The molecule has 0 aromatic heterocycles. The van der Waals surface area contributed by atoms with Gasteiger partial charge in [0.2, 0.25) is 0 Å². The van der Waals surface area contributed by atoms with Crippen LogP contribution in [0.2, 0.25) is 0 Å². The molecular weight excluding hydrogens is 430 g/mol. The molecule has 28 heavy (non-hydrogen) atoms. The van der Waals surface area contributed by atoms with Gasteiger partial charge in [-0.1, -0.05) is 66.2 Å². The first kappa shape index (κ1) is 19.9. The quantitative estimate of drug-likeness (QED) is 0.623. The molecule has 0 saturated carbocycles. The summed E-state index contributed by atoms with van der Waals surface area (Å²) in [6, 6.07) is 18.8. The van der Waals surface area contributed by atoms with Crippen molar-refractivity contribution in [2.75, 3.05) is 31.5 Å². The summed E-state index contributed by atoms with van der Waals surface area (Å²) in [5.74, 6) is 0. The maximum absolute atomic E-state index is 5.78. The largest absolute Gasteiger partial charge is 0.348 e. The van der Waals surface area contributed by atoms with Gasteiger partial charge in [0.1, 0.15) is 0 Å². The summed E-state index contributed by atoms with van der Waals surface area (Å²) in [6.07, 6.45) is 1.26. The fraction of sp³-hybridized carbons (Fsp3) is 0.435. The SMILES string of the molecule is C[C@@]12CN(Cc3ccccc3Br)C[C@](C)(CN(C(=S)Nc3ccccc3)C1)C2. The normalized spacial score (nSPS) is 27.5. The van der Waals surface area contributed by atoms with Crippen molar-refractivity contribution in [1.82, 2.24) is 9.80 Å². The third-order valence-corrected chi connectivity index (χ3v) is 7.01. The van der Waals surface area contributed by atoms with E-state index in [1.54, 1.807) is 0 Å². The number of para-hydroxylation sites is 1. The first-order valence-electron chi connectivity index (χ1n) is 9.91. The molecule has 0 aliphatic carbocycles. The van der Waals surface area contributed by atoms with Crippen LogP contribution in [0.5, 0.6) is 0 Å². The van der Waals surface area contributed by atoms with Crippen LogP contribution in [0, 0.1) is 10.8 Å². The van der Waals surface area contributed by atoms with Crippen molar-refractivity contribution in [2.45, 2.75) is 26.8 Å². The monoisotopic (exact) mass is 457 g/mol. The fourth-order valence-electron chi connectivity index (χ4n) is 5.31. The van der Waals surface area contributed by atoms with E-state index in [-0.39, 0.29) is 10.8 Å². The number of benzene rings is 2. The summed E-state index contributed by atoms with van der Waals surface area (Å²) in [4.78, 5) is 5.02. The molecule has 0 spiro atoms. The first-order chi connectivity index (χ1) is 13.3. The number of hydrogen-bond acceptors (Lipinski definition) is 2. The Morgan fingerprint density at radius 2 is 1.57 bits per heavy atom. The van der Waals surface area contributed by atoms with Gasteiger partial charge in [-0.15, -0.1) is 0 Å². The van der Waals surface area contributed by atoms with E-state index >= 15 is 0 Å². The lowest BCUT2D eigenvalue weighted by Crippen LogP contribution is -2.63. The minimum atomic E-state index is 0.245. The van der Waals surface area contributed by atoms with Gasteiger partial charge in [0.15, 0.2) is 5.11 Å². The van der Waals surface area contributed by atoms with Crippen molar-refractivity contribution in [3.05, 3.63) is 64.6 Å². The number of nitrogens with one attached hydrogen (secondary N) is 1. The summed E-state index contributed by atoms with van der Waals surface area (Å²) in [5.41, 5.74) is 2.92. The van der Waals surface area contributed by atoms with Crippen LogP contribution < -0.4 is 5.32 Å². The van der Waals surface area contributed by atoms with Crippen LogP contribution in [0.4, 0.5) is 5.69 Å². The van der Waals surface area contributed by atoms with Crippen molar-refractivity contribution >= 4 is 38.9 Å². The van der Waals surface area contributed by atoms with E-state index in [4.69, 9.17) is 12.2 Å². The Labute approximate surface area is 182 Å². The van der Waals surface area contributed by atoms with Crippen LogP contribution in [0.3, 0.4) is 0 Å². The van der Waals surface area contributed by atoms with Gasteiger partial charge in [-0.3, -0.25) is 4.90 Å². The zero-order valence-electron chi connectivity index (χ0n) is 16.6. The number of likely N-dealkylation sites (tertiary alicyclic amines) is 2. The second-order valence-corrected chi connectivity index (χ2v) is 10.4. The van der Waals surface area contributed by atoms with Crippen LogP contribution in [-0.2, 0) is 6.54 Å². The summed E-state index contributed by atoms with van der Waals surface area (Å²) < 4.78 is 1.20. The van der Waals surface area contributed by atoms with E-state index in [9.17, 15) is 0 Å². The molecule has 0 amide bonds. The molecule has 4 rings (SSSR count). The molecule has 3 nitrogen and oxygen atoms in total. The highest BCUT2D eigenvalue weighted by molar-refractivity contribution is 9.10. The fourth-order valence-corrected chi connectivity index (χ4v) is 5.97. The Bertz CT molecular complexity index is 838. The van der Waals surface area contributed by atoms with Crippen LogP contribution in [0.15, 0.2) is 59.1 Å². The Kier molecular flexibility index (Phi) is 5.51. The topological polar surface area (TPSA) is 18.5 Å². The van der Waals surface area contributed by atoms with Crippen molar-refractivity contribution in [3.8, 4) is 0 Å². The second-order valence-electron chi connectivity index (χ2n) is 9.19. The molecule has 2 aromatic rings. The van der Waals surface area contributed by atoms with Gasteiger partial charge < -0.3 is 10.2 Å². The molecule has 2 saturated heterocycles. The zero-order valence-corrected chi connectivity index (χ0v) is 19.0. The van der Waals surface area contributed by atoms with Gasteiger partial charge in [0.05, 0.1) is 0 Å². The molecule has 2 heterocycles. The number of anilines is 1. The van der Waals surface area contributed by atoms with E-state index in [1.807, 2.05) is 18.2 Å². The molecule has 5 heteroatoms. The molecule has 148 valence electrons.